The molecular weight excluding hydrogens is 348 g/mol. The van der Waals surface area contributed by atoms with Gasteiger partial charge in [0.25, 0.3) is 5.91 Å². The lowest BCUT2D eigenvalue weighted by Crippen LogP contribution is -2.24. The van der Waals surface area contributed by atoms with Crippen molar-refractivity contribution in [3.63, 3.8) is 0 Å². The van der Waals surface area contributed by atoms with Crippen LogP contribution in [0, 0.1) is 0 Å². The standard InChI is InChI=1S/C18H22N6OS/c1-18(2,3)24-16-13(15(19)20-10-21-16)14(23-24)17(25)22-12-7-5-11(6-8-12)9-26-4/h5-8,10H,9H2,1-4H3,(H,22,25)(H2,19,20,21). The maximum absolute atomic E-state index is 12.8. The summed E-state index contributed by atoms with van der Waals surface area (Å²) in [6, 6.07) is 7.75. The Kier molecular flexibility index (Phi) is 4.86. The zero-order chi connectivity index (χ0) is 18.9. The lowest BCUT2D eigenvalue weighted by molar-refractivity contribution is 0.102. The molecule has 0 aliphatic carbocycles. The number of hydrogen-bond donors (Lipinski definition) is 2. The molecule has 3 rings (SSSR count). The molecule has 26 heavy (non-hydrogen) atoms. The van der Waals surface area contributed by atoms with Crippen LogP contribution in [0.25, 0.3) is 11.0 Å². The van der Waals surface area contributed by atoms with Crippen molar-refractivity contribution in [1.29, 1.82) is 0 Å². The fourth-order valence-corrected chi connectivity index (χ4v) is 3.17. The van der Waals surface area contributed by atoms with Crippen LogP contribution in [0.5, 0.6) is 0 Å². The van der Waals surface area contributed by atoms with Crippen LogP contribution >= 0.6 is 11.8 Å². The van der Waals surface area contributed by atoms with E-state index in [-0.39, 0.29) is 23.0 Å². The predicted octanol–water partition coefficient (Wildman–Crippen LogP) is 3.28. The summed E-state index contributed by atoms with van der Waals surface area (Å²) in [6.07, 6.45) is 3.44. The molecule has 0 atom stereocenters. The second kappa shape index (κ2) is 6.95. The molecule has 0 bridgehead atoms. The first-order chi connectivity index (χ1) is 12.3. The van der Waals surface area contributed by atoms with E-state index in [1.807, 2.05) is 45.0 Å². The first-order valence-corrected chi connectivity index (χ1v) is 9.59. The van der Waals surface area contributed by atoms with E-state index in [1.165, 1.54) is 11.9 Å². The van der Waals surface area contributed by atoms with Gasteiger partial charge < -0.3 is 11.1 Å². The maximum atomic E-state index is 12.8. The minimum Gasteiger partial charge on any atom is -0.383 e. The van der Waals surface area contributed by atoms with Gasteiger partial charge in [-0.15, -0.1) is 0 Å². The molecule has 7 nitrogen and oxygen atoms in total. The van der Waals surface area contributed by atoms with E-state index in [0.29, 0.717) is 16.7 Å². The van der Waals surface area contributed by atoms with Crippen molar-refractivity contribution in [3.8, 4) is 0 Å². The smallest absolute Gasteiger partial charge is 0.277 e. The van der Waals surface area contributed by atoms with Gasteiger partial charge >= 0.3 is 0 Å². The van der Waals surface area contributed by atoms with Crippen molar-refractivity contribution in [3.05, 3.63) is 41.9 Å². The molecule has 0 fully saturated rings. The van der Waals surface area contributed by atoms with Crippen LogP contribution in [0.4, 0.5) is 11.5 Å². The van der Waals surface area contributed by atoms with Crippen molar-refractivity contribution in [1.82, 2.24) is 19.7 Å². The SMILES string of the molecule is CSCc1ccc(NC(=O)c2nn(C(C)(C)C)c3ncnc(N)c23)cc1. The zero-order valence-corrected chi connectivity index (χ0v) is 16.1. The molecule has 3 N–H and O–H groups in total. The number of nitrogens with two attached hydrogens (primary N) is 1. The Bertz CT molecular complexity index is 943. The van der Waals surface area contributed by atoms with E-state index in [4.69, 9.17) is 5.73 Å². The summed E-state index contributed by atoms with van der Waals surface area (Å²) in [4.78, 5) is 21.1. The van der Waals surface area contributed by atoms with E-state index < -0.39 is 0 Å². The number of anilines is 2. The first kappa shape index (κ1) is 18.2. The van der Waals surface area contributed by atoms with E-state index in [9.17, 15) is 4.79 Å². The third kappa shape index (κ3) is 3.50. The van der Waals surface area contributed by atoms with Gasteiger partial charge in [-0.2, -0.15) is 16.9 Å². The molecule has 2 heterocycles. The number of nitrogens with one attached hydrogen (secondary N) is 1. The molecule has 0 aliphatic rings. The summed E-state index contributed by atoms with van der Waals surface area (Å²) >= 11 is 1.75. The van der Waals surface area contributed by atoms with Crippen LogP contribution in [0.1, 0.15) is 36.8 Å². The number of amides is 1. The Hall–Kier alpha value is -2.61. The normalized spacial score (nSPS) is 11.7. The number of carbonyl (C=O) groups excluding carboxylic acids is 1. The number of nitrogen functional groups attached to an aromatic ring is 1. The number of nitrogens with zero attached hydrogens (tertiary/aromatic N) is 4. The highest BCUT2D eigenvalue weighted by atomic mass is 32.2. The molecule has 0 unspecified atom stereocenters. The molecule has 0 saturated heterocycles. The monoisotopic (exact) mass is 370 g/mol. The molecule has 0 aliphatic heterocycles. The summed E-state index contributed by atoms with van der Waals surface area (Å²) in [5.41, 5.74) is 8.34. The number of rotatable bonds is 4. The van der Waals surface area contributed by atoms with Crippen molar-refractivity contribution in [2.75, 3.05) is 17.3 Å². The van der Waals surface area contributed by atoms with Gasteiger partial charge in [0.1, 0.15) is 12.1 Å². The van der Waals surface area contributed by atoms with Crippen LogP contribution in [-0.4, -0.2) is 31.9 Å². The maximum Gasteiger partial charge on any atom is 0.277 e. The summed E-state index contributed by atoms with van der Waals surface area (Å²) in [6.45, 7) is 5.97. The van der Waals surface area contributed by atoms with Gasteiger partial charge in [-0.3, -0.25) is 4.79 Å². The molecule has 1 aromatic carbocycles. The number of hydrogen-bond acceptors (Lipinski definition) is 6. The zero-order valence-electron chi connectivity index (χ0n) is 15.3. The number of carbonyl (C=O) groups is 1. The molecule has 136 valence electrons. The van der Waals surface area contributed by atoms with Crippen molar-refractivity contribution >= 4 is 40.2 Å². The van der Waals surface area contributed by atoms with Crippen LogP contribution in [0.3, 0.4) is 0 Å². The quantitative estimate of drug-likeness (QED) is 0.731. The van der Waals surface area contributed by atoms with Gasteiger partial charge in [-0.25, -0.2) is 14.6 Å². The number of benzene rings is 1. The molecule has 0 radical (unpaired) electrons. The fourth-order valence-electron chi connectivity index (χ4n) is 2.64. The van der Waals surface area contributed by atoms with E-state index in [0.717, 1.165) is 5.75 Å². The molecule has 0 spiro atoms. The van der Waals surface area contributed by atoms with Crippen molar-refractivity contribution < 1.29 is 4.79 Å². The second-order valence-electron chi connectivity index (χ2n) is 6.97. The first-order valence-electron chi connectivity index (χ1n) is 8.20. The highest BCUT2D eigenvalue weighted by molar-refractivity contribution is 7.97. The Morgan fingerprint density at radius 2 is 1.92 bits per heavy atom. The van der Waals surface area contributed by atoms with Gasteiger partial charge in [0.05, 0.1) is 10.9 Å². The van der Waals surface area contributed by atoms with E-state index in [1.54, 1.807) is 16.4 Å². The second-order valence-corrected chi connectivity index (χ2v) is 7.84. The minimum atomic E-state index is -0.350. The number of thioether (sulfide) groups is 1. The molecule has 3 aromatic rings. The van der Waals surface area contributed by atoms with Gasteiger partial charge in [0.2, 0.25) is 0 Å². The van der Waals surface area contributed by atoms with Gasteiger partial charge in [-0.1, -0.05) is 12.1 Å². The van der Waals surface area contributed by atoms with Crippen LogP contribution in [0.15, 0.2) is 30.6 Å². The molecule has 2 aromatic heterocycles. The van der Waals surface area contributed by atoms with Crippen molar-refractivity contribution in [2.45, 2.75) is 32.1 Å². The molecule has 8 heteroatoms. The van der Waals surface area contributed by atoms with E-state index >= 15 is 0 Å². The predicted molar refractivity (Wildman–Crippen MR) is 106 cm³/mol. The average Bonchev–Trinajstić information content (AvgIpc) is 2.98. The fraction of sp³-hybridized carbons (Fsp3) is 0.333. The molecular formula is C18H22N6OS. The third-order valence-electron chi connectivity index (χ3n) is 3.87. The van der Waals surface area contributed by atoms with Gasteiger partial charge in [-0.05, 0) is 44.7 Å². The molecule has 0 saturated carbocycles. The van der Waals surface area contributed by atoms with Gasteiger partial charge in [0, 0.05) is 11.4 Å². The van der Waals surface area contributed by atoms with Crippen molar-refractivity contribution in [2.24, 2.45) is 0 Å². The van der Waals surface area contributed by atoms with E-state index in [2.05, 4.69) is 26.6 Å². The Morgan fingerprint density at radius 3 is 2.54 bits per heavy atom. The summed E-state index contributed by atoms with van der Waals surface area (Å²) in [5.74, 6) is 0.839. The lowest BCUT2D eigenvalue weighted by Gasteiger charge is -2.19. The van der Waals surface area contributed by atoms with Crippen LogP contribution in [0.2, 0.25) is 0 Å². The highest BCUT2D eigenvalue weighted by Gasteiger charge is 2.26. The van der Waals surface area contributed by atoms with Crippen LogP contribution < -0.4 is 11.1 Å². The highest BCUT2D eigenvalue weighted by Crippen LogP contribution is 2.27. The number of aromatic nitrogens is 4. The Labute approximate surface area is 156 Å². The topological polar surface area (TPSA) is 98.7 Å². The summed E-state index contributed by atoms with van der Waals surface area (Å²) in [7, 11) is 0. The Morgan fingerprint density at radius 1 is 1.23 bits per heavy atom. The van der Waals surface area contributed by atoms with Gasteiger partial charge in [0.15, 0.2) is 11.3 Å². The Balaban J connectivity index is 1.98. The lowest BCUT2D eigenvalue weighted by atomic mass is 10.1. The van der Waals surface area contributed by atoms with Crippen LogP contribution in [-0.2, 0) is 11.3 Å². The average molecular weight is 370 g/mol. The molecule has 1 amide bonds. The summed E-state index contributed by atoms with van der Waals surface area (Å²) in [5, 5.41) is 7.83. The third-order valence-corrected chi connectivity index (χ3v) is 4.49. The number of fused-ring (bicyclic) bond motifs is 1. The summed E-state index contributed by atoms with van der Waals surface area (Å²) < 4.78 is 1.71. The largest absolute Gasteiger partial charge is 0.383 e. The minimum absolute atomic E-state index is 0.223.